The van der Waals surface area contributed by atoms with Gasteiger partial charge in [-0.3, -0.25) is 0 Å². The molecule has 0 spiro atoms. The van der Waals surface area contributed by atoms with Crippen molar-refractivity contribution in [3.05, 3.63) is 0 Å². The Labute approximate surface area is 96.0 Å². The molecule has 0 aromatic carbocycles. The third kappa shape index (κ3) is 3.97. The van der Waals surface area contributed by atoms with Crippen molar-refractivity contribution in [2.75, 3.05) is 26.0 Å². The van der Waals surface area contributed by atoms with Crippen LogP contribution in [0.3, 0.4) is 0 Å². The van der Waals surface area contributed by atoms with Gasteiger partial charge in [0.2, 0.25) is 10.0 Å². The van der Waals surface area contributed by atoms with Crippen LogP contribution in [-0.2, 0) is 14.8 Å². The van der Waals surface area contributed by atoms with Gasteiger partial charge in [-0.2, -0.15) is 0 Å². The molecule has 1 unspecified atom stereocenters. The molecule has 16 heavy (non-hydrogen) atoms. The number of hydrogen-bond acceptors (Lipinski definition) is 4. The van der Waals surface area contributed by atoms with Crippen molar-refractivity contribution in [1.82, 2.24) is 9.62 Å². The minimum absolute atomic E-state index is 0.150. The number of amides is 1. The van der Waals surface area contributed by atoms with E-state index >= 15 is 0 Å². The van der Waals surface area contributed by atoms with Crippen LogP contribution in [0.4, 0.5) is 4.79 Å². The molecule has 1 N–H and O–H groups in total. The Morgan fingerprint density at radius 1 is 1.56 bits per heavy atom. The Hall–Kier alpha value is -0.820. The number of carbonyl (C=O) groups excluding carboxylic acids is 1. The fourth-order valence-electron chi connectivity index (χ4n) is 1.70. The molecule has 6 nitrogen and oxygen atoms in total. The molecular formula is C9H18N2O4S. The Balaban J connectivity index is 2.48. The predicted molar refractivity (Wildman–Crippen MR) is 59.6 cm³/mol. The topological polar surface area (TPSA) is 75.7 Å². The van der Waals surface area contributed by atoms with E-state index in [2.05, 4.69) is 5.32 Å². The first kappa shape index (κ1) is 13.2. The third-order valence-electron chi connectivity index (χ3n) is 2.45. The van der Waals surface area contributed by atoms with Crippen molar-refractivity contribution < 1.29 is 17.9 Å². The van der Waals surface area contributed by atoms with Gasteiger partial charge in [0.05, 0.1) is 12.9 Å². The van der Waals surface area contributed by atoms with Crippen LogP contribution in [0.1, 0.15) is 19.8 Å². The van der Waals surface area contributed by atoms with Crippen LogP contribution in [0.5, 0.6) is 0 Å². The molecule has 1 aliphatic heterocycles. The minimum Gasteiger partial charge on any atom is -0.450 e. The summed E-state index contributed by atoms with van der Waals surface area (Å²) in [6.07, 6.45) is 2.23. The molecule has 1 fully saturated rings. The molecule has 0 aliphatic carbocycles. The van der Waals surface area contributed by atoms with Crippen LogP contribution < -0.4 is 5.32 Å². The van der Waals surface area contributed by atoms with Crippen LogP contribution in [0.25, 0.3) is 0 Å². The largest absolute Gasteiger partial charge is 0.450 e. The Morgan fingerprint density at radius 2 is 2.25 bits per heavy atom. The highest BCUT2D eigenvalue weighted by atomic mass is 32.2. The molecule has 0 aromatic rings. The van der Waals surface area contributed by atoms with E-state index in [0.29, 0.717) is 19.7 Å². The zero-order valence-electron chi connectivity index (χ0n) is 9.60. The van der Waals surface area contributed by atoms with Gasteiger partial charge in [0, 0.05) is 19.1 Å². The van der Waals surface area contributed by atoms with E-state index in [1.54, 1.807) is 6.92 Å². The summed E-state index contributed by atoms with van der Waals surface area (Å²) < 4.78 is 28.8. The summed E-state index contributed by atoms with van der Waals surface area (Å²) in [7, 11) is -3.17. The second kappa shape index (κ2) is 5.49. The average molecular weight is 250 g/mol. The summed E-state index contributed by atoms with van der Waals surface area (Å²) in [5.41, 5.74) is 0. The number of rotatable bonds is 3. The molecule has 1 heterocycles. The highest BCUT2D eigenvalue weighted by Gasteiger charge is 2.26. The lowest BCUT2D eigenvalue weighted by Gasteiger charge is -2.30. The number of alkyl carbamates (subject to hydrolysis) is 1. The molecule has 1 rings (SSSR count). The lowest BCUT2D eigenvalue weighted by atomic mass is 10.1. The SMILES string of the molecule is CCOC(=O)NC1CCCN(S(C)(=O)=O)C1. The average Bonchev–Trinajstić information content (AvgIpc) is 2.17. The molecular weight excluding hydrogens is 232 g/mol. The van der Waals surface area contributed by atoms with E-state index in [1.165, 1.54) is 10.6 Å². The van der Waals surface area contributed by atoms with E-state index in [1.807, 2.05) is 0 Å². The molecule has 1 saturated heterocycles. The first-order valence-corrected chi connectivity index (χ1v) is 7.16. The summed E-state index contributed by atoms with van der Waals surface area (Å²) >= 11 is 0. The maximum absolute atomic E-state index is 11.3. The van der Waals surface area contributed by atoms with E-state index in [0.717, 1.165) is 12.8 Å². The smallest absolute Gasteiger partial charge is 0.407 e. The van der Waals surface area contributed by atoms with Gasteiger partial charge >= 0.3 is 6.09 Å². The molecule has 94 valence electrons. The van der Waals surface area contributed by atoms with Gasteiger partial charge in [-0.05, 0) is 19.8 Å². The quantitative estimate of drug-likeness (QED) is 0.774. The Bertz CT molecular complexity index is 341. The Morgan fingerprint density at radius 3 is 2.81 bits per heavy atom. The number of nitrogens with one attached hydrogen (secondary N) is 1. The van der Waals surface area contributed by atoms with Crippen molar-refractivity contribution in [3.63, 3.8) is 0 Å². The Kier molecular flexibility index (Phi) is 4.55. The maximum atomic E-state index is 11.3. The summed E-state index contributed by atoms with van der Waals surface area (Å²) in [4.78, 5) is 11.2. The molecule has 0 saturated carbocycles. The van der Waals surface area contributed by atoms with Crippen molar-refractivity contribution in [3.8, 4) is 0 Å². The lowest BCUT2D eigenvalue weighted by Crippen LogP contribution is -2.49. The zero-order valence-corrected chi connectivity index (χ0v) is 10.4. The van der Waals surface area contributed by atoms with E-state index < -0.39 is 16.1 Å². The number of hydrogen-bond donors (Lipinski definition) is 1. The van der Waals surface area contributed by atoms with Crippen LogP contribution in [0, 0.1) is 0 Å². The highest BCUT2D eigenvalue weighted by molar-refractivity contribution is 7.88. The van der Waals surface area contributed by atoms with Gasteiger partial charge in [-0.15, -0.1) is 0 Å². The van der Waals surface area contributed by atoms with Gasteiger partial charge in [-0.1, -0.05) is 0 Å². The fourth-order valence-corrected chi connectivity index (χ4v) is 2.61. The van der Waals surface area contributed by atoms with Crippen LogP contribution in [0.2, 0.25) is 0 Å². The first-order chi connectivity index (χ1) is 7.43. The van der Waals surface area contributed by atoms with Gasteiger partial charge in [0.15, 0.2) is 0 Å². The van der Waals surface area contributed by atoms with E-state index in [9.17, 15) is 13.2 Å². The number of ether oxygens (including phenoxy) is 1. The molecule has 1 aliphatic rings. The number of sulfonamides is 1. The van der Waals surface area contributed by atoms with Gasteiger partial charge < -0.3 is 10.1 Å². The highest BCUT2D eigenvalue weighted by Crippen LogP contribution is 2.12. The number of carbonyl (C=O) groups is 1. The van der Waals surface area contributed by atoms with Crippen LogP contribution in [0.15, 0.2) is 0 Å². The predicted octanol–water partition coefficient (Wildman–Crippen LogP) is 0.157. The van der Waals surface area contributed by atoms with Crippen molar-refractivity contribution in [2.24, 2.45) is 0 Å². The van der Waals surface area contributed by atoms with Crippen molar-refractivity contribution >= 4 is 16.1 Å². The van der Waals surface area contributed by atoms with Gasteiger partial charge in [0.1, 0.15) is 0 Å². The molecule has 1 amide bonds. The second-order valence-corrected chi connectivity index (χ2v) is 5.81. The van der Waals surface area contributed by atoms with Gasteiger partial charge in [0.25, 0.3) is 0 Å². The summed E-state index contributed by atoms with van der Waals surface area (Å²) in [5, 5.41) is 2.65. The van der Waals surface area contributed by atoms with Crippen molar-refractivity contribution in [2.45, 2.75) is 25.8 Å². The minimum atomic E-state index is -3.17. The standard InChI is InChI=1S/C9H18N2O4S/c1-3-15-9(12)10-8-5-4-6-11(7-8)16(2,13)14/h8H,3-7H2,1-2H3,(H,10,12). The van der Waals surface area contributed by atoms with Gasteiger partial charge in [-0.25, -0.2) is 17.5 Å². The molecule has 0 bridgehead atoms. The summed E-state index contributed by atoms with van der Waals surface area (Å²) in [6, 6.07) is -0.150. The fraction of sp³-hybridized carbons (Fsp3) is 0.889. The van der Waals surface area contributed by atoms with Crippen LogP contribution in [-0.4, -0.2) is 50.8 Å². The first-order valence-electron chi connectivity index (χ1n) is 5.32. The lowest BCUT2D eigenvalue weighted by molar-refractivity contribution is 0.142. The van der Waals surface area contributed by atoms with E-state index in [-0.39, 0.29) is 6.04 Å². The molecule has 0 aromatic heterocycles. The van der Waals surface area contributed by atoms with Crippen LogP contribution >= 0.6 is 0 Å². The van der Waals surface area contributed by atoms with E-state index in [4.69, 9.17) is 4.74 Å². The third-order valence-corrected chi connectivity index (χ3v) is 3.72. The number of piperidine rings is 1. The molecule has 1 atom stereocenters. The number of nitrogens with zero attached hydrogens (tertiary/aromatic N) is 1. The maximum Gasteiger partial charge on any atom is 0.407 e. The monoisotopic (exact) mass is 250 g/mol. The van der Waals surface area contributed by atoms with Crippen molar-refractivity contribution in [1.29, 1.82) is 0 Å². The summed E-state index contributed by atoms with van der Waals surface area (Å²) in [5.74, 6) is 0. The molecule has 7 heteroatoms. The normalized spacial score (nSPS) is 22.8. The second-order valence-electron chi connectivity index (χ2n) is 3.82. The summed E-state index contributed by atoms with van der Waals surface area (Å²) in [6.45, 7) is 2.90. The zero-order chi connectivity index (χ0) is 12.2. The molecule has 0 radical (unpaired) electrons.